The number of hydrogen-bond donors (Lipinski definition) is 1. The third kappa shape index (κ3) is 5.31. The molecule has 0 saturated carbocycles. The maximum absolute atomic E-state index is 12.2. The summed E-state index contributed by atoms with van der Waals surface area (Å²) in [5.41, 5.74) is 0.309. The summed E-state index contributed by atoms with van der Waals surface area (Å²) in [6.07, 6.45) is 1.02. The van der Waals surface area contributed by atoms with E-state index < -0.39 is 10.0 Å². The van der Waals surface area contributed by atoms with Gasteiger partial charge < -0.3 is 9.42 Å². The van der Waals surface area contributed by atoms with Gasteiger partial charge in [-0.2, -0.15) is 0 Å². The van der Waals surface area contributed by atoms with Gasteiger partial charge in [0.05, 0.1) is 0 Å². The Hall–Kier alpha value is -1.41. The molecular formula is C15H27N3O4S. The van der Waals surface area contributed by atoms with Crippen molar-refractivity contribution in [2.24, 2.45) is 5.92 Å². The molecule has 0 radical (unpaired) electrons. The highest BCUT2D eigenvalue weighted by Gasteiger charge is 2.24. The lowest BCUT2D eigenvalue weighted by Gasteiger charge is -2.26. The third-order valence-corrected chi connectivity index (χ3v) is 5.44. The van der Waals surface area contributed by atoms with Crippen molar-refractivity contribution in [2.45, 2.75) is 58.4 Å². The average molecular weight is 345 g/mol. The van der Waals surface area contributed by atoms with Gasteiger partial charge in [0.15, 0.2) is 5.76 Å². The molecule has 1 unspecified atom stereocenters. The van der Waals surface area contributed by atoms with Crippen LogP contribution in [0.25, 0.3) is 0 Å². The average Bonchev–Trinajstić information content (AvgIpc) is 2.76. The molecule has 132 valence electrons. The van der Waals surface area contributed by atoms with E-state index in [1.54, 1.807) is 25.8 Å². The monoisotopic (exact) mass is 345 g/mol. The molecule has 1 amide bonds. The van der Waals surface area contributed by atoms with Crippen molar-refractivity contribution in [3.8, 4) is 0 Å². The van der Waals surface area contributed by atoms with Gasteiger partial charge in [-0.1, -0.05) is 19.0 Å². The molecule has 0 aliphatic carbocycles. The van der Waals surface area contributed by atoms with E-state index in [2.05, 4.69) is 23.7 Å². The Labute approximate surface area is 138 Å². The van der Waals surface area contributed by atoms with Crippen LogP contribution in [0.3, 0.4) is 0 Å². The summed E-state index contributed by atoms with van der Waals surface area (Å²) >= 11 is 0. The summed E-state index contributed by atoms with van der Waals surface area (Å²) in [6.45, 7) is 9.35. The van der Waals surface area contributed by atoms with Crippen LogP contribution in [0, 0.1) is 19.8 Å². The molecule has 0 aromatic carbocycles. The van der Waals surface area contributed by atoms with Gasteiger partial charge in [-0.15, -0.1) is 0 Å². The molecule has 23 heavy (non-hydrogen) atoms. The van der Waals surface area contributed by atoms with Gasteiger partial charge in [0.25, 0.3) is 0 Å². The molecule has 0 aliphatic heterocycles. The normalized spacial score (nSPS) is 13.3. The van der Waals surface area contributed by atoms with Crippen molar-refractivity contribution in [2.75, 3.05) is 13.6 Å². The lowest BCUT2D eigenvalue weighted by atomic mass is 10.0. The fraction of sp³-hybridized carbons (Fsp3) is 0.733. The third-order valence-electron chi connectivity index (χ3n) is 3.73. The zero-order valence-corrected chi connectivity index (χ0v) is 15.5. The minimum absolute atomic E-state index is 0.0456. The highest BCUT2D eigenvalue weighted by Crippen LogP contribution is 2.18. The van der Waals surface area contributed by atoms with Crippen molar-refractivity contribution in [3.05, 3.63) is 11.5 Å². The Bertz CT molecular complexity index is 618. The summed E-state index contributed by atoms with van der Waals surface area (Å²) in [6, 6.07) is 0.127. The summed E-state index contributed by atoms with van der Waals surface area (Å²) in [5.74, 6) is 0.655. The van der Waals surface area contributed by atoms with Gasteiger partial charge in [0, 0.05) is 26.1 Å². The van der Waals surface area contributed by atoms with Gasteiger partial charge in [0.2, 0.25) is 15.9 Å². The highest BCUT2D eigenvalue weighted by molar-refractivity contribution is 7.89. The molecule has 1 aromatic heterocycles. The SMILES string of the molecule is Cc1noc(C)c1S(=O)(=O)NCCC(=O)N(C)C(C)CC(C)C. The van der Waals surface area contributed by atoms with E-state index in [1.165, 1.54) is 0 Å². The lowest BCUT2D eigenvalue weighted by molar-refractivity contribution is -0.131. The Morgan fingerprint density at radius 3 is 2.39 bits per heavy atom. The maximum Gasteiger partial charge on any atom is 0.245 e. The Kier molecular flexibility index (Phi) is 6.76. The van der Waals surface area contributed by atoms with Crippen molar-refractivity contribution in [1.29, 1.82) is 0 Å². The zero-order valence-electron chi connectivity index (χ0n) is 14.7. The first-order valence-corrected chi connectivity index (χ1v) is 9.22. The predicted octanol–water partition coefficient (Wildman–Crippen LogP) is 1.85. The first-order chi connectivity index (χ1) is 10.6. The first kappa shape index (κ1) is 19.6. The molecule has 0 fully saturated rings. The van der Waals surface area contributed by atoms with Gasteiger partial charge in [-0.05, 0) is 33.1 Å². The number of hydrogen-bond acceptors (Lipinski definition) is 5. The van der Waals surface area contributed by atoms with E-state index >= 15 is 0 Å². The van der Waals surface area contributed by atoms with Crippen LogP contribution in [0.2, 0.25) is 0 Å². The number of rotatable bonds is 8. The van der Waals surface area contributed by atoms with Crippen molar-refractivity contribution in [3.63, 3.8) is 0 Å². The Balaban J connectivity index is 2.58. The van der Waals surface area contributed by atoms with Gasteiger partial charge in [-0.25, -0.2) is 13.1 Å². The molecular weight excluding hydrogens is 318 g/mol. The van der Waals surface area contributed by atoms with Crippen LogP contribution in [0.15, 0.2) is 9.42 Å². The molecule has 1 atom stereocenters. The minimum atomic E-state index is -3.72. The smallest absolute Gasteiger partial charge is 0.245 e. The second kappa shape index (κ2) is 7.92. The molecule has 1 N–H and O–H groups in total. The molecule has 0 bridgehead atoms. The summed E-state index contributed by atoms with van der Waals surface area (Å²) in [4.78, 5) is 13.9. The van der Waals surface area contributed by atoms with E-state index in [1.807, 2.05) is 6.92 Å². The molecule has 0 spiro atoms. The number of nitrogens with one attached hydrogen (secondary N) is 1. The molecule has 0 aliphatic rings. The van der Waals surface area contributed by atoms with E-state index in [0.717, 1.165) is 6.42 Å². The number of amides is 1. The number of sulfonamides is 1. The van der Waals surface area contributed by atoms with Crippen LogP contribution in [0.5, 0.6) is 0 Å². The quantitative estimate of drug-likeness (QED) is 0.776. The zero-order chi connectivity index (χ0) is 17.8. The Morgan fingerprint density at radius 1 is 1.30 bits per heavy atom. The molecule has 8 heteroatoms. The summed E-state index contributed by atoms with van der Waals surface area (Å²) < 4.78 is 31.8. The van der Waals surface area contributed by atoms with Crippen molar-refractivity contribution >= 4 is 15.9 Å². The lowest BCUT2D eigenvalue weighted by Crippen LogP contribution is -2.38. The second-order valence-electron chi connectivity index (χ2n) is 6.28. The van der Waals surface area contributed by atoms with Crippen LogP contribution in [-0.2, 0) is 14.8 Å². The fourth-order valence-electron chi connectivity index (χ4n) is 2.49. The summed E-state index contributed by atoms with van der Waals surface area (Å²) in [7, 11) is -1.97. The fourth-order valence-corrected chi connectivity index (χ4v) is 3.84. The van der Waals surface area contributed by atoms with Gasteiger partial charge in [-0.3, -0.25) is 4.79 Å². The van der Waals surface area contributed by atoms with Crippen LogP contribution in [-0.4, -0.2) is 44.0 Å². The number of carbonyl (C=O) groups excluding carboxylic acids is 1. The largest absolute Gasteiger partial charge is 0.360 e. The molecule has 7 nitrogen and oxygen atoms in total. The van der Waals surface area contributed by atoms with Crippen molar-refractivity contribution in [1.82, 2.24) is 14.8 Å². The van der Waals surface area contributed by atoms with E-state index in [9.17, 15) is 13.2 Å². The minimum Gasteiger partial charge on any atom is -0.360 e. The number of aryl methyl sites for hydroxylation is 2. The van der Waals surface area contributed by atoms with Crippen LogP contribution in [0.1, 0.15) is 45.1 Å². The second-order valence-corrected chi connectivity index (χ2v) is 7.99. The van der Waals surface area contributed by atoms with Crippen molar-refractivity contribution < 1.29 is 17.7 Å². The van der Waals surface area contributed by atoms with E-state index in [4.69, 9.17) is 4.52 Å². The van der Waals surface area contributed by atoms with E-state index in [-0.39, 0.29) is 35.6 Å². The number of aromatic nitrogens is 1. The Morgan fingerprint density at radius 2 is 1.91 bits per heavy atom. The predicted molar refractivity (Wildman–Crippen MR) is 87.5 cm³/mol. The molecule has 1 heterocycles. The van der Waals surface area contributed by atoms with Crippen LogP contribution in [0.4, 0.5) is 0 Å². The molecule has 0 saturated heterocycles. The van der Waals surface area contributed by atoms with Crippen LogP contribution >= 0.6 is 0 Å². The van der Waals surface area contributed by atoms with Gasteiger partial charge >= 0.3 is 0 Å². The highest BCUT2D eigenvalue weighted by atomic mass is 32.2. The first-order valence-electron chi connectivity index (χ1n) is 7.74. The van der Waals surface area contributed by atoms with E-state index in [0.29, 0.717) is 11.6 Å². The van der Waals surface area contributed by atoms with Gasteiger partial charge in [0.1, 0.15) is 10.6 Å². The molecule has 1 rings (SSSR count). The topological polar surface area (TPSA) is 92.5 Å². The molecule has 1 aromatic rings. The number of carbonyl (C=O) groups is 1. The standard InChI is InChI=1S/C15H27N3O4S/c1-10(2)9-11(3)18(6)14(19)7-8-16-23(20,21)15-12(4)17-22-13(15)5/h10-11,16H,7-9H2,1-6H3. The number of nitrogens with zero attached hydrogens (tertiary/aromatic N) is 2. The van der Waals surface area contributed by atoms with Crippen LogP contribution < -0.4 is 4.72 Å². The maximum atomic E-state index is 12.2. The summed E-state index contributed by atoms with van der Waals surface area (Å²) in [5, 5.41) is 3.64.